The van der Waals surface area contributed by atoms with Crippen LogP contribution < -0.4 is 10.1 Å². The number of nitrogens with one attached hydrogen (secondary N) is 1. The van der Waals surface area contributed by atoms with Crippen LogP contribution in [0.25, 0.3) is 33.6 Å². The van der Waals surface area contributed by atoms with Crippen LogP contribution in [0.4, 0.5) is 0 Å². The molecular formula is C28H32N6O3. The number of carbonyl (C=O) groups is 1. The van der Waals surface area contributed by atoms with Gasteiger partial charge in [0.25, 0.3) is 5.91 Å². The Morgan fingerprint density at radius 2 is 2.14 bits per heavy atom. The fourth-order valence-electron chi connectivity index (χ4n) is 5.98. The molecule has 1 N–H and O–H groups in total. The molecule has 2 atom stereocenters. The number of likely N-dealkylation sites (tertiary alicyclic amines) is 1. The number of aryl methyl sites for hydroxylation is 1. The summed E-state index contributed by atoms with van der Waals surface area (Å²) in [7, 11) is 3.67. The lowest BCUT2D eigenvalue weighted by Crippen LogP contribution is -2.59. The Labute approximate surface area is 215 Å². The van der Waals surface area contributed by atoms with E-state index in [0.717, 1.165) is 59.7 Å². The number of rotatable bonds is 5. The number of hydrogen-bond acceptors (Lipinski definition) is 6. The molecule has 0 radical (unpaired) electrons. The Morgan fingerprint density at radius 1 is 1.24 bits per heavy atom. The number of aromatic nitrogens is 4. The second-order valence-electron chi connectivity index (χ2n) is 10.6. The van der Waals surface area contributed by atoms with Gasteiger partial charge in [0.05, 0.1) is 37.1 Å². The zero-order valence-electron chi connectivity index (χ0n) is 21.3. The summed E-state index contributed by atoms with van der Waals surface area (Å²) in [4.78, 5) is 25.3. The smallest absolute Gasteiger partial charge is 0.254 e. The Balaban J connectivity index is 1.28. The highest BCUT2D eigenvalue weighted by molar-refractivity contribution is 6.00. The van der Waals surface area contributed by atoms with Crippen molar-refractivity contribution in [2.24, 2.45) is 13.0 Å². The summed E-state index contributed by atoms with van der Waals surface area (Å²) < 4.78 is 16.1. The molecule has 7 rings (SSSR count). The van der Waals surface area contributed by atoms with Crippen molar-refractivity contribution in [3.8, 4) is 17.3 Å². The van der Waals surface area contributed by atoms with E-state index in [1.54, 1.807) is 7.11 Å². The van der Waals surface area contributed by atoms with E-state index < -0.39 is 0 Å². The number of methoxy groups -OCH3 is 1. The Morgan fingerprint density at radius 3 is 2.97 bits per heavy atom. The molecular weight excluding hydrogens is 468 g/mol. The number of hydrogen-bond donors (Lipinski definition) is 1. The van der Waals surface area contributed by atoms with Crippen molar-refractivity contribution >= 4 is 28.0 Å². The first-order chi connectivity index (χ1) is 18.1. The van der Waals surface area contributed by atoms with Gasteiger partial charge in [-0.2, -0.15) is 0 Å². The van der Waals surface area contributed by atoms with Crippen LogP contribution in [0, 0.1) is 5.92 Å². The standard InChI is InChI=1S/C28H32N6O3/c1-32-25-20(31-27(32)22-13-18-4-3-8-30-26(18)34(22)15-17-5-6-17)12-19(14-24(25)36-2)28(35)33-10-7-23-21(16-33)29-9-11-37-23/h3-4,8,12-14,17,21,23,29H,5-7,9-11,15-16H2,1-2H3. The fourth-order valence-corrected chi connectivity index (χ4v) is 5.98. The number of carbonyl (C=O) groups excluding carboxylic acids is 1. The van der Waals surface area contributed by atoms with E-state index in [0.29, 0.717) is 30.3 Å². The molecule has 2 aliphatic heterocycles. The van der Waals surface area contributed by atoms with Gasteiger partial charge >= 0.3 is 0 Å². The second-order valence-corrected chi connectivity index (χ2v) is 10.6. The quantitative estimate of drug-likeness (QED) is 0.453. The molecule has 4 aromatic rings. The summed E-state index contributed by atoms with van der Waals surface area (Å²) in [5, 5.41) is 4.61. The topological polar surface area (TPSA) is 86.4 Å². The number of amides is 1. The minimum absolute atomic E-state index is 0.00488. The highest BCUT2D eigenvalue weighted by atomic mass is 16.5. The third kappa shape index (κ3) is 3.88. The zero-order chi connectivity index (χ0) is 25.1. The third-order valence-corrected chi connectivity index (χ3v) is 8.10. The van der Waals surface area contributed by atoms with Crippen molar-refractivity contribution < 1.29 is 14.3 Å². The van der Waals surface area contributed by atoms with E-state index in [1.165, 1.54) is 12.8 Å². The molecule has 3 aromatic heterocycles. The van der Waals surface area contributed by atoms with Crippen molar-refractivity contribution in [1.29, 1.82) is 0 Å². The van der Waals surface area contributed by atoms with Gasteiger partial charge in [0.1, 0.15) is 16.9 Å². The maximum Gasteiger partial charge on any atom is 0.254 e. The largest absolute Gasteiger partial charge is 0.494 e. The maximum absolute atomic E-state index is 13.6. The molecule has 9 nitrogen and oxygen atoms in total. The molecule has 0 spiro atoms. The van der Waals surface area contributed by atoms with Crippen molar-refractivity contribution in [1.82, 2.24) is 29.3 Å². The molecule has 3 aliphatic rings. The van der Waals surface area contributed by atoms with Gasteiger partial charge in [0, 0.05) is 50.4 Å². The average Bonchev–Trinajstić information content (AvgIpc) is 3.60. The van der Waals surface area contributed by atoms with E-state index in [4.69, 9.17) is 14.5 Å². The van der Waals surface area contributed by atoms with Crippen molar-refractivity contribution in [3.05, 3.63) is 42.1 Å². The van der Waals surface area contributed by atoms with Crippen LogP contribution in [0.5, 0.6) is 5.75 Å². The van der Waals surface area contributed by atoms with Crippen LogP contribution in [0.2, 0.25) is 0 Å². The number of nitrogens with zero attached hydrogens (tertiary/aromatic N) is 5. The number of benzene rings is 1. The summed E-state index contributed by atoms with van der Waals surface area (Å²) in [5.74, 6) is 2.20. The monoisotopic (exact) mass is 500 g/mol. The summed E-state index contributed by atoms with van der Waals surface area (Å²) in [6, 6.07) is 10.2. The van der Waals surface area contributed by atoms with E-state index in [2.05, 4.69) is 31.6 Å². The van der Waals surface area contributed by atoms with Crippen molar-refractivity contribution in [2.45, 2.75) is 38.0 Å². The van der Waals surface area contributed by atoms with E-state index in [9.17, 15) is 4.79 Å². The molecule has 9 heteroatoms. The molecule has 2 unspecified atom stereocenters. The lowest BCUT2D eigenvalue weighted by Gasteiger charge is -2.41. The molecule has 37 heavy (non-hydrogen) atoms. The molecule has 1 aromatic carbocycles. The second kappa shape index (κ2) is 8.85. The minimum Gasteiger partial charge on any atom is -0.494 e. The van der Waals surface area contributed by atoms with E-state index in [-0.39, 0.29) is 18.1 Å². The SMILES string of the molecule is COc1cc(C(=O)N2CCC3OCCNC3C2)cc2nc(-c3cc4cccnc4n3CC3CC3)n(C)c12. The summed E-state index contributed by atoms with van der Waals surface area (Å²) >= 11 is 0. The van der Waals surface area contributed by atoms with Crippen LogP contribution in [0.15, 0.2) is 36.5 Å². The number of morpholine rings is 1. The number of piperidine rings is 1. The van der Waals surface area contributed by atoms with Crippen LogP contribution in [-0.2, 0) is 18.3 Å². The predicted molar refractivity (Wildman–Crippen MR) is 141 cm³/mol. The number of fused-ring (bicyclic) bond motifs is 3. The third-order valence-electron chi connectivity index (χ3n) is 8.10. The minimum atomic E-state index is 0.00488. The van der Waals surface area contributed by atoms with Crippen molar-refractivity contribution in [3.63, 3.8) is 0 Å². The van der Waals surface area contributed by atoms with Gasteiger partial charge in [-0.05, 0) is 55.5 Å². The number of imidazole rings is 1. The molecule has 0 bridgehead atoms. The highest BCUT2D eigenvalue weighted by Gasteiger charge is 2.34. The van der Waals surface area contributed by atoms with Gasteiger partial charge < -0.3 is 28.8 Å². The highest BCUT2D eigenvalue weighted by Crippen LogP contribution is 2.37. The Bertz CT molecular complexity index is 1500. The van der Waals surface area contributed by atoms with Crippen LogP contribution in [0.1, 0.15) is 29.6 Å². The molecule has 192 valence electrons. The lowest BCUT2D eigenvalue weighted by atomic mass is 9.99. The van der Waals surface area contributed by atoms with E-state index >= 15 is 0 Å². The van der Waals surface area contributed by atoms with Gasteiger partial charge in [0.2, 0.25) is 0 Å². The molecule has 1 amide bonds. The first kappa shape index (κ1) is 22.7. The van der Waals surface area contributed by atoms with Gasteiger partial charge in [-0.3, -0.25) is 4.79 Å². The van der Waals surface area contributed by atoms with Crippen LogP contribution in [0.3, 0.4) is 0 Å². The maximum atomic E-state index is 13.6. The van der Waals surface area contributed by atoms with Crippen molar-refractivity contribution in [2.75, 3.05) is 33.4 Å². The predicted octanol–water partition coefficient (Wildman–Crippen LogP) is 3.21. The summed E-state index contributed by atoms with van der Waals surface area (Å²) in [5.41, 5.74) is 4.27. The number of pyridine rings is 1. The van der Waals surface area contributed by atoms with Gasteiger partial charge in [-0.25, -0.2) is 9.97 Å². The summed E-state index contributed by atoms with van der Waals surface area (Å²) in [6.45, 7) is 3.83. The molecule has 3 fully saturated rings. The lowest BCUT2D eigenvalue weighted by molar-refractivity contribution is -0.0383. The van der Waals surface area contributed by atoms with Gasteiger partial charge in [-0.15, -0.1) is 0 Å². The van der Waals surface area contributed by atoms with Crippen LogP contribution in [-0.4, -0.2) is 75.4 Å². The Kier molecular flexibility index (Phi) is 5.44. The Hall–Kier alpha value is -3.43. The first-order valence-electron chi connectivity index (χ1n) is 13.2. The van der Waals surface area contributed by atoms with Crippen LogP contribution >= 0.6 is 0 Å². The van der Waals surface area contributed by atoms with Gasteiger partial charge in [-0.1, -0.05) is 0 Å². The molecule has 1 saturated carbocycles. The molecule has 2 saturated heterocycles. The number of ether oxygens (including phenoxy) is 2. The molecule has 5 heterocycles. The molecule has 1 aliphatic carbocycles. The first-order valence-corrected chi connectivity index (χ1v) is 13.2. The normalized spacial score (nSPS) is 21.9. The van der Waals surface area contributed by atoms with E-state index in [1.807, 2.05) is 36.3 Å². The fraction of sp³-hybridized carbons (Fsp3) is 0.464. The van der Waals surface area contributed by atoms with Gasteiger partial charge in [0.15, 0.2) is 5.82 Å². The zero-order valence-corrected chi connectivity index (χ0v) is 21.3. The summed E-state index contributed by atoms with van der Waals surface area (Å²) in [6.07, 6.45) is 5.39. The average molecular weight is 501 g/mol.